The number of amides is 1. The van der Waals surface area contributed by atoms with Crippen LogP contribution in [0.25, 0.3) is 21.8 Å². The summed E-state index contributed by atoms with van der Waals surface area (Å²) in [6, 6.07) is 89.0. The van der Waals surface area contributed by atoms with Crippen molar-refractivity contribution in [3.63, 3.8) is 0 Å². The van der Waals surface area contributed by atoms with Crippen molar-refractivity contribution in [2.75, 3.05) is 50.9 Å². The van der Waals surface area contributed by atoms with Crippen LogP contribution in [0, 0.1) is 11.3 Å². The lowest BCUT2D eigenvalue weighted by molar-refractivity contribution is -0.142. The van der Waals surface area contributed by atoms with Crippen molar-refractivity contribution in [3.8, 4) is 6.07 Å². The number of ether oxygens (including phenoxy) is 2. The van der Waals surface area contributed by atoms with Gasteiger partial charge in [0.15, 0.2) is 0 Å². The van der Waals surface area contributed by atoms with Crippen LogP contribution >= 0.6 is 104 Å². The van der Waals surface area contributed by atoms with Crippen molar-refractivity contribution < 1.29 is 61.4 Å². The Labute approximate surface area is 819 Å². The quantitative estimate of drug-likeness (QED) is 0.0249. The highest BCUT2D eigenvalue weighted by atomic mass is 35.5. The van der Waals surface area contributed by atoms with Crippen LogP contribution in [0.15, 0.2) is 291 Å². The number of hydrogen-bond donors (Lipinski definition) is 5. The lowest BCUT2D eigenvalue weighted by Crippen LogP contribution is -2.15. The first-order chi connectivity index (χ1) is 63.0. The molecule has 696 valence electrons. The van der Waals surface area contributed by atoms with Crippen molar-refractivity contribution in [3.05, 3.63) is 387 Å². The fraction of sp³-hybridized carbons (Fsp3) is 0.250. The van der Waals surface area contributed by atoms with Gasteiger partial charge in [0.1, 0.15) is 0 Å². The third-order valence-corrected chi connectivity index (χ3v) is 23.7. The number of nitrogens with zero attached hydrogens (tertiary/aromatic N) is 3. The number of aliphatic carboxylic acids is 2. The Morgan fingerprint density at radius 3 is 1.13 bits per heavy atom. The van der Waals surface area contributed by atoms with Crippen molar-refractivity contribution in [1.82, 2.24) is 9.97 Å². The van der Waals surface area contributed by atoms with Crippen molar-refractivity contribution in [2.45, 2.75) is 128 Å². The Bertz CT molecular complexity index is 5960. The number of halogens is 9. The van der Waals surface area contributed by atoms with Gasteiger partial charge in [-0.2, -0.15) is 13.7 Å². The van der Waals surface area contributed by atoms with Gasteiger partial charge in [-0.05, 0) is 166 Å². The number of nitrogens with one attached hydrogen (secondary N) is 2. The Hall–Kier alpha value is -10.6. The van der Waals surface area contributed by atoms with E-state index in [1.54, 1.807) is 67.7 Å². The maximum absolute atomic E-state index is 12.4. The third-order valence-electron chi connectivity index (χ3n) is 20.0. The highest BCUT2D eigenvalue weighted by molar-refractivity contribution is 7.86. The molecule has 7 unspecified atom stereocenters. The number of carbonyl (C=O) groups excluding carboxylic acids is 3. The van der Waals surface area contributed by atoms with E-state index < -0.39 is 22.1 Å². The Kier molecular flexibility index (Phi) is 51.3. The number of esters is 2. The van der Waals surface area contributed by atoms with E-state index in [2.05, 4.69) is 73.4 Å². The van der Waals surface area contributed by atoms with Gasteiger partial charge in [0.25, 0.3) is 10.1 Å². The maximum Gasteiger partial charge on any atom is 0.312 e. The number of anilines is 2. The van der Waals surface area contributed by atoms with Gasteiger partial charge in [0.05, 0.1) is 80.7 Å². The SMILES string of the molecule is CC(CC#N)c1ccccc1Cl.CC(CC(=O)Nc1cccc2cccnc12)c1ccccc1Cl.CC(CC(=O)O)c1ccccc1Cl.CC(CCNc1cccc2cccnc12)c1ccccc1Cl.CC(CO)c1ccccc1Cl.CC(COS(C)(=O)=O)c1ccccc1Cl.COC(=O)C(C)c1ccccc1Cl.COC(=O)Cc1ccccc1Cl.O=C(O)Cc1ccccc1Cl. The molecule has 0 bridgehead atoms. The van der Waals surface area contributed by atoms with Gasteiger partial charge in [-0.1, -0.05) is 346 Å². The van der Waals surface area contributed by atoms with Gasteiger partial charge in [0, 0.05) is 106 Å². The number of nitriles is 1. The normalized spacial score (nSPS) is 12.0. The fourth-order valence-corrected chi connectivity index (χ4v) is 15.8. The molecule has 28 heteroatoms. The van der Waals surface area contributed by atoms with Crippen LogP contribution in [-0.2, 0) is 60.6 Å². The molecule has 7 atom stereocenters. The molecule has 132 heavy (non-hydrogen) atoms. The number of carbonyl (C=O) groups is 5. The molecule has 0 fully saturated rings. The number of aliphatic hydroxyl groups excluding tert-OH is 1. The van der Waals surface area contributed by atoms with E-state index in [9.17, 15) is 32.4 Å². The number of carboxylic acid groups (broad SMARTS) is 2. The van der Waals surface area contributed by atoms with Gasteiger partial charge >= 0.3 is 23.9 Å². The number of fused-ring (bicyclic) bond motifs is 2. The molecule has 18 nitrogen and oxygen atoms in total. The zero-order valence-corrected chi connectivity index (χ0v) is 82.3. The largest absolute Gasteiger partial charge is 0.481 e. The molecule has 13 aromatic rings. The number of benzene rings is 11. The standard InChI is InChI=1S/C19H17ClN2O.C19H19ClN2.C10H10ClN.C10H13ClO3S.2C10H11ClO2.C9H9ClO2.C9H11ClO.C8H7ClO2/c1-13(15-8-2-3-9-16(15)20)12-18(23)22-17-10-4-6-14-7-5-11-21-19(14)17;1-14(16-8-2-3-9-17(16)20)11-13-21-18-10-4-6-15-7-5-12-22-19(15)18;1-8(6-7-12)9-4-2-3-5-10(9)11;1-8(7-14-15(2,12)13)9-5-3-4-6-10(9)11;1-7(10(12)13-2)8-5-3-4-6-9(8)11;1-7(6-10(12)13)8-4-2-3-5-9(8)11;1-12-9(11)6-7-4-2-3-5-8(7)10;1-7(6-11)8-4-2-3-5-9(8)10;9-7-4-2-1-3-6(7)5-8(10)11/h2-11,13H,12H2,1H3,(H,22,23);2-10,12,14,21H,11,13H2,1H3;2-5,8H,6H2,1H3;3-6,8H,7H2,1-2H3;3-7H,1-2H3;2-5,7H,6H2,1H3,(H,12,13);2-5H,6H2,1H3;2-5,7,11H,6H2,1H3;1-4H,5H2,(H,10,11). The van der Waals surface area contributed by atoms with E-state index in [-0.39, 0.29) is 85.8 Å². The average molecular weight is 1990 g/mol. The van der Waals surface area contributed by atoms with E-state index in [1.807, 2.05) is 235 Å². The molecule has 13 rings (SSSR count). The van der Waals surface area contributed by atoms with Gasteiger partial charge in [0.2, 0.25) is 5.91 Å². The first kappa shape index (κ1) is 112. The lowest BCUT2D eigenvalue weighted by Gasteiger charge is -2.15. The van der Waals surface area contributed by atoms with Gasteiger partial charge in [-0.3, -0.25) is 38.1 Å². The third kappa shape index (κ3) is 40.4. The summed E-state index contributed by atoms with van der Waals surface area (Å²) in [6.45, 7) is 14.8. The van der Waals surface area contributed by atoms with Crippen LogP contribution < -0.4 is 10.6 Å². The molecule has 0 saturated carbocycles. The van der Waals surface area contributed by atoms with E-state index in [4.69, 9.17) is 129 Å². The second kappa shape index (κ2) is 60.5. The Morgan fingerprint density at radius 2 is 0.750 bits per heavy atom. The molecule has 11 aromatic carbocycles. The van der Waals surface area contributed by atoms with Crippen molar-refractivity contribution in [2.24, 2.45) is 0 Å². The molecule has 0 aliphatic heterocycles. The average Bonchev–Trinajstić information content (AvgIpc) is 0.837. The molecule has 0 spiro atoms. The van der Waals surface area contributed by atoms with Crippen LogP contribution in [0.1, 0.15) is 166 Å². The fourth-order valence-electron chi connectivity index (χ4n) is 12.7. The number of methoxy groups -OCH3 is 2. The molecule has 0 aliphatic carbocycles. The highest BCUT2D eigenvalue weighted by Gasteiger charge is 2.20. The smallest absolute Gasteiger partial charge is 0.312 e. The first-order valence-electron chi connectivity index (χ1n) is 41.8. The second-order valence-electron chi connectivity index (χ2n) is 30.2. The number of rotatable bonds is 26. The summed E-state index contributed by atoms with van der Waals surface area (Å²) >= 11 is 53.6. The summed E-state index contributed by atoms with van der Waals surface area (Å²) in [6.07, 6.45) is 6.83. The van der Waals surface area contributed by atoms with Gasteiger partial charge in [-0.25, -0.2) is 0 Å². The minimum absolute atomic E-state index is 0.0142. The van der Waals surface area contributed by atoms with Crippen LogP contribution in [0.3, 0.4) is 0 Å². The molecular formula is C104H108Cl9N5O13S. The zero-order valence-electron chi connectivity index (χ0n) is 74.7. The molecule has 0 saturated heterocycles. The second-order valence-corrected chi connectivity index (χ2v) is 35.5. The van der Waals surface area contributed by atoms with E-state index in [0.717, 1.165) is 106 Å². The topological polar surface area (TPSA) is 281 Å². The minimum atomic E-state index is -3.38. The number of hydrogen-bond acceptors (Lipinski definition) is 15. The minimum Gasteiger partial charge on any atom is -0.481 e. The molecule has 2 aromatic heterocycles. The van der Waals surface area contributed by atoms with Gasteiger partial charge in [-0.15, -0.1) is 0 Å². The first-order valence-corrected chi connectivity index (χ1v) is 47.0. The molecule has 5 N–H and O–H groups in total. The predicted molar refractivity (Wildman–Crippen MR) is 541 cm³/mol. The number of para-hydroxylation sites is 2. The molecular weight excluding hydrogens is 1880 g/mol. The Morgan fingerprint density at radius 1 is 0.402 bits per heavy atom. The van der Waals surface area contributed by atoms with E-state index in [1.165, 1.54) is 19.8 Å². The summed E-state index contributed by atoms with van der Waals surface area (Å²) in [5.41, 5.74) is 11.9. The lowest BCUT2D eigenvalue weighted by atomic mass is 9.97. The van der Waals surface area contributed by atoms with E-state index >= 15 is 0 Å². The van der Waals surface area contributed by atoms with Gasteiger partial charge < -0.3 is 35.4 Å². The Balaban J connectivity index is 0.000000267. The monoisotopic (exact) mass is 1980 g/mol. The van der Waals surface area contributed by atoms with Crippen LogP contribution in [0.2, 0.25) is 45.2 Å². The van der Waals surface area contributed by atoms with Crippen LogP contribution in [0.4, 0.5) is 11.4 Å². The predicted octanol–water partition coefficient (Wildman–Crippen LogP) is 28.3. The molecule has 2 heterocycles. The summed E-state index contributed by atoms with van der Waals surface area (Å²) in [7, 11) is -0.652. The van der Waals surface area contributed by atoms with Crippen molar-refractivity contribution >= 4 is 177 Å². The number of aliphatic hydroxyl groups is 1. The summed E-state index contributed by atoms with van der Waals surface area (Å²) in [5, 5.41) is 49.0. The van der Waals surface area contributed by atoms with Crippen LogP contribution in [-0.4, -0.2) is 104 Å². The summed E-state index contributed by atoms with van der Waals surface area (Å²) < 4.78 is 35.4. The van der Waals surface area contributed by atoms with E-state index in [0.29, 0.717) is 54.5 Å². The highest BCUT2D eigenvalue weighted by Crippen LogP contribution is 2.34. The molecule has 0 aliphatic rings. The zero-order chi connectivity index (χ0) is 97.2. The van der Waals surface area contributed by atoms with Crippen molar-refractivity contribution in [1.29, 1.82) is 5.26 Å². The summed E-state index contributed by atoms with van der Waals surface area (Å²) in [4.78, 5) is 63.9. The number of aromatic nitrogens is 2. The maximum atomic E-state index is 12.4. The summed E-state index contributed by atoms with van der Waals surface area (Å²) in [5.74, 6) is -1.82. The molecule has 0 radical (unpaired) electrons. The number of carboxylic acids is 2. The number of pyridine rings is 2. The molecule has 1 amide bonds. The van der Waals surface area contributed by atoms with Crippen LogP contribution in [0.5, 0.6) is 0 Å².